The van der Waals surface area contributed by atoms with Gasteiger partial charge in [0.25, 0.3) is 15.9 Å². The molecule has 0 aromatic heterocycles. The molecular formula is C25H31N3O4S. The number of sulfonamides is 1. The summed E-state index contributed by atoms with van der Waals surface area (Å²) in [5.41, 5.74) is 1.79. The molecule has 0 bridgehead atoms. The number of rotatable bonds is 7. The fraction of sp³-hybridized carbons (Fsp3) is 0.440. The van der Waals surface area contributed by atoms with Crippen LogP contribution in [-0.4, -0.2) is 44.3 Å². The molecule has 0 spiro atoms. The third kappa shape index (κ3) is 5.74. The monoisotopic (exact) mass is 469 g/mol. The molecule has 33 heavy (non-hydrogen) atoms. The largest absolute Gasteiger partial charge is 0.353 e. The number of benzene rings is 2. The maximum atomic E-state index is 13.1. The standard InChI is InChI=1S/C25H31N3O4S/c1-17(2)18-8-12-23(13-9-18)33(31,32)27-22-7-3-5-19(15-22)25(30)28-14-4-6-20(16-28)24(29)26-21-10-11-21/h3,5,7-9,12-13,15,17,20-21,27H,4,6,10-11,14,16H2,1-2H3,(H,26,29)/t20-/m0/s1. The van der Waals surface area contributed by atoms with Gasteiger partial charge in [-0.3, -0.25) is 14.3 Å². The second-order valence-corrected chi connectivity index (χ2v) is 11.0. The van der Waals surface area contributed by atoms with Crippen molar-refractivity contribution >= 4 is 27.5 Å². The minimum absolute atomic E-state index is 0.0278. The zero-order valence-electron chi connectivity index (χ0n) is 19.1. The molecule has 2 fully saturated rings. The molecule has 8 heteroatoms. The van der Waals surface area contributed by atoms with Crippen molar-refractivity contribution in [2.24, 2.45) is 5.92 Å². The molecule has 7 nitrogen and oxygen atoms in total. The number of nitrogens with zero attached hydrogens (tertiary/aromatic N) is 1. The molecule has 2 amide bonds. The third-order valence-corrected chi connectivity index (χ3v) is 7.62. The van der Waals surface area contributed by atoms with Crippen LogP contribution in [0, 0.1) is 5.92 Å². The highest BCUT2D eigenvalue weighted by atomic mass is 32.2. The predicted molar refractivity (Wildman–Crippen MR) is 128 cm³/mol. The van der Waals surface area contributed by atoms with E-state index in [4.69, 9.17) is 0 Å². The van der Waals surface area contributed by atoms with E-state index in [1.54, 1.807) is 41.3 Å². The number of likely N-dealkylation sites (tertiary alicyclic amines) is 1. The Kier molecular flexibility index (Phi) is 6.74. The highest BCUT2D eigenvalue weighted by Gasteiger charge is 2.32. The summed E-state index contributed by atoms with van der Waals surface area (Å²) in [6.45, 7) is 5.07. The van der Waals surface area contributed by atoms with E-state index in [1.807, 2.05) is 26.0 Å². The zero-order chi connectivity index (χ0) is 23.6. The molecule has 0 radical (unpaired) electrons. The third-order valence-electron chi connectivity index (χ3n) is 6.22. The SMILES string of the molecule is CC(C)c1ccc(S(=O)(=O)Nc2cccc(C(=O)N3CCC[C@H](C(=O)NC4CC4)C3)c2)cc1. The van der Waals surface area contributed by atoms with Gasteiger partial charge in [0.15, 0.2) is 0 Å². The molecule has 1 saturated carbocycles. The quantitative estimate of drug-likeness (QED) is 0.646. The highest BCUT2D eigenvalue weighted by Crippen LogP contribution is 2.24. The molecule has 2 N–H and O–H groups in total. The average Bonchev–Trinajstić information content (AvgIpc) is 3.62. The maximum Gasteiger partial charge on any atom is 0.261 e. The topological polar surface area (TPSA) is 95.6 Å². The summed E-state index contributed by atoms with van der Waals surface area (Å²) in [5.74, 6) is -0.0494. The van der Waals surface area contributed by atoms with Crippen LogP contribution in [0.5, 0.6) is 0 Å². The van der Waals surface area contributed by atoms with Crippen molar-refractivity contribution in [3.05, 3.63) is 59.7 Å². The molecule has 2 aliphatic rings. The van der Waals surface area contributed by atoms with Gasteiger partial charge in [-0.2, -0.15) is 0 Å². The van der Waals surface area contributed by atoms with Crippen molar-refractivity contribution in [3.8, 4) is 0 Å². The molecular weight excluding hydrogens is 438 g/mol. The van der Waals surface area contributed by atoms with E-state index in [1.165, 1.54) is 0 Å². The second kappa shape index (κ2) is 9.55. The normalized spacial score (nSPS) is 18.8. The van der Waals surface area contributed by atoms with Crippen LogP contribution in [-0.2, 0) is 14.8 Å². The lowest BCUT2D eigenvalue weighted by atomic mass is 9.96. The smallest absolute Gasteiger partial charge is 0.261 e. The summed E-state index contributed by atoms with van der Waals surface area (Å²) >= 11 is 0. The van der Waals surface area contributed by atoms with Gasteiger partial charge in [0.1, 0.15) is 0 Å². The summed E-state index contributed by atoms with van der Waals surface area (Å²) in [6, 6.07) is 13.6. The highest BCUT2D eigenvalue weighted by molar-refractivity contribution is 7.92. The Bertz CT molecular complexity index is 1120. The number of hydrogen-bond acceptors (Lipinski definition) is 4. The van der Waals surface area contributed by atoms with E-state index in [0.717, 1.165) is 31.2 Å². The number of carbonyl (C=O) groups excluding carboxylic acids is 2. The fourth-order valence-electron chi connectivity index (χ4n) is 4.07. The van der Waals surface area contributed by atoms with Crippen LogP contribution in [0.3, 0.4) is 0 Å². The first-order valence-electron chi connectivity index (χ1n) is 11.6. The van der Waals surface area contributed by atoms with Crippen molar-refractivity contribution in [2.75, 3.05) is 17.8 Å². The van der Waals surface area contributed by atoms with Gasteiger partial charge in [0, 0.05) is 30.4 Å². The summed E-state index contributed by atoms with van der Waals surface area (Å²) in [4.78, 5) is 27.4. The first kappa shape index (κ1) is 23.3. The lowest BCUT2D eigenvalue weighted by Gasteiger charge is -2.32. The van der Waals surface area contributed by atoms with E-state index < -0.39 is 10.0 Å². The van der Waals surface area contributed by atoms with Crippen LogP contribution in [0.1, 0.15) is 61.4 Å². The summed E-state index contributed by atoms with van der Waals surface area (Å²) in [6.07, 6.45) is 3.61. The van der Waals surface area contributed by atoms with Crippen molar-refractivity contribution in [1.29, 1.82) is 0 Å². The number of nitrogens with one attached hydrogen (secondary N) is 2. The lowest BCUT2D eigenvalue weighted by molar-refractivity contribution is -0.126. The Balaban J connectivity index is 1.44. The Hall–Kier alpha value is -2.87. The van der Waals surface area contributed by atoms with Crippen molar-refractivity contribution in [1.82, 2.24) is 10.2 Å². The van der Waals surface area contributed by atoms with E-state index in [0.29, 0.717) is 36.3 Å². The van der Waals surface area contributed by atoms with Gasteiger partial charge in [-0.25, -0.2) is 8.42 Å². The minimum Gasteiger partial charge on any atom is -0.353 e. The first-order valence-corrected chi connectivity index (χ1v) is 13.0. The molecule has 0 unspecified atom stereocenters. The van der Waals surface area contributed by atoms with Crippen LogP contribution >= 0.6 is 0 Å². The van der Waals surface area contributed by atoms with Crippen LogP contribution in [0.15, 0.2) is 53.4 Å². The second-order valence-electron chi connectivity index (χ2n) is 9.28. The maximum absolute atomic E-state index is 13.1. The number of carbonyl (C=O) groups is 2. The number of anilines is 1. The van der Waals surface area contributed by atoms with Crippen LogP contribution in [0.4, 0.5) is 5.69 Å². The van der Waals surface area contributed by atoms with Crippen molar-refractivity contribution in [2.45, 2.75) is 56.4 Å². The molecule has 2 aromatic carbocycles. The van der Waals surface area contributed by atoms with Gasteiger partial charge < -0.3 is 10.2 Å². The van der Waals surface area contributed by atoms with Gasteiger partial charge in [0.05, 0.1) is 10.8 Å². The Morgan fingerprint density at radius 2 is 1.76 bits per heavy atom. The van der Waals surface area contributed by atoms with Crippen LogP contribution in [0.25, 0.3) is 0 Å². The lowest BCUT2D eigenvalue weighted by Crippen LogP contribution is -2.45. The molecule has 1 aliphatic heterocycles. The molecule has 2 aromatic rings. The van der Waals surface area contributed by atoms with Gasteiger partial charge >= 0.3 is 0 Å². The van der Waals surface area contributed by atoms with Gasteiger partial charge in [-0.05, 0) is 67.5 Å². The Morgan fingerprint density at radius 1 is 1.03 bits per heavy atom. The number of hydrogen-bond donors (Lipinski definition) is 2. The first-order chi connectivity index (χ1) is 15.7. The van der Waals surface area contributed by atoms with Crippen LogP contribution in [0.2, 0.25) is 0 Å². The zero-order valence-corrected chi connectivity index (χ0v) is 19.9. The number of piperidine rings is 1. The van der Waals surface area contributed by atoms with E-state index in [-0.39, 0.29) is 22.6 Å². The van der Waals surface area contributed by atoms with Gasteiger partial charge in [-0.1, -0.05) is 32.0 Å². The minimum atomic E-state index is -3.78. The summed E-state index contributed by atoms with van der Waals surface area (Å²) in [7, 11) is -3.78. The van der Waals surface area contributed by atoms with Crippen molar-refractivity contribution in [3.63, 3.8) is 0 Å². The number of amides is 2. The van der Waals surface area contributed by atoms with E-state index in [9.17, 15) is 18.0 Å². The molecule has 176 valence electrons. The molecule has 1 heterocycles. The van der Waals surface area contributed by atoms with Crippen molar-refractivity contribution < 1.29 is 18.0 Å². The molecule has 4 rings (SSSR count). The van der Waals surface area contributed by atoms with E-state index >= 15 is 0 Å². The molecule has 1 atom stereocenters. The average molecular weight is 470 g/mol. The fourth-order valence-corrected chi connectivity index (χ4v) is 5.12. The summed E-state index contributed by atoms with van der Waals surface area (Å²) < 4.78 is 28.2. The Morgan fingerprint density at radius 3 is 2.42 bits per heavy atom. The van der Waals surface area contributed by atoms with Gasteiger partial charge in [-0.15, -0.1) is 0 Å². The summed E-state index contributed by atoms with van der Waals surface area (Å²) in [5, 5.41) is 3.03. The predicted octanol–water partition coefficient (Wildman–Crippen LogP) is 3.74. The van der Waals surface area contributed by atoms with Gasteiger partial charge in [0.2, 0.25) is 5.91 Å². The van der Waals surface area contributed by atoms with E-state index in [2.05, 4.69) is 10.0 Å². The molecule has 1 saturated heterocycles. The molecule has 1 aliphatic carbocycles. The Labute approximate surface area is 195 Å². The van der Waals surface area contributed by atoms with Crippen LogP contribution < -0.4 is 10.0 Å².